The second-order valence-electron chi connectivity index (χ2n) is 4.02. The van der Waals surface area contributed by atoms with Crippen molar-refractivity contribution in [3.63, 3.8) is 0 Å². The standard InChI is InChI=1S/C10H14N4O3S2/c1-18-19-5-8(10(17)13-14-11)12-9(16)6-2-3-7(15)4-6/h6,8H,2-5H2,1H3,(H,12,16). The Labute approximate surface area is 118 Å². The third-order valence-corrected chi connectivity index (χ3v) is 4.55. The average Bonchev–Trinajstić information content (AvgIpc) is 2.81. The zero-order chi connectivity index (χ0) is 14.3. The molecule has 1 fully saturated rings. The highest BCUT2D eigenvalue weighted by atomic mass is 33.1. The van der Waals surface area contributed by atoms with Gasteiger partial charge in [0.05, 0.1) is 0 Å². The van der Waals surface area contributed by atoms with Crippen LogP contribution in [-0.4, -0.2) is 35.6 Å². The van der Waals surface area contributed by atoms with Crippen molar-refractivity contribution in [2.24, 2.45) is 11.0 Å². The molecule has 0 aromatic carbocycles. The molecule has 1 aliphatic carbocycles. The van der Waals surface area contributed by atoms with Gasteiger partial charge in [0.15, 0.2) is 0 Å². The highest BCUT2D eigenvalue weighted by Gasteiger charge is 2.30. The van der Waals surface area contributed by atoms with Gasteiger partial charge >= 0.3 is 0 Å². The molecule has 0 radical (unpaired) electrons. The van der Waals surface area contributed by atoms with Crippen molar-refractivity contribution in [3.8, 4) is 0 Å². The van der Waals surface area contributed by atoms with Crippen LogP contribution in [0.2, 0.25) is 0 Å². The maximum Gasteiger partial charge on any atom is 0.241 e. The van der Waals surface area contributed by atoms with Gasteiger partial charge in [0.1, 0.15) is 11.8 Å². The van der Waals surface area contributed by atoms with Crippen molar-refractivity contribution in [2.45, 2.75) is 25.3 Å². The largest absolute Gasteiger partial charge is 0.345 e. The van der Waals surface area contributed by atoms with E-state index in [-0.39, 0.29) is 24.0 Å². The number of rotatable bonds is 6. The Morgan fingerprint density at radius 3 is 2.89 bits per heavy atom. The van der Waals surface area contributed by atoms with Crippen LogP contribution in [0.3, 0.4) is 0 Å². The van der Waals surface area contributed by atoms with E-state index in [1.807, 2.05) is 6.26 Å². The van der Waals surface area contributed by atoms with Crippen LogP contribution < -0.4 is 5.32 Å². The molecule has 0 heterocycles. The van der Waals surface area contributed by atoms with Crippen LogP contribution in [-0.2, 0) is 14.4 Å². The quantitative estimate of drug-likeness (QED) is 0.347. The first-order valence-corrected chi connectivity index (χ1v) is 8.37. The Balaban J connectivity index is 2.60. The van der Waals surface area contributed by atoms with E-state index in [2.05, 4.69) is 15.3 Å². The summed E-state index contributed by atoms with van der Waals surface area (Å²) in [5.74, 6) is -1.00. The maximum atomic E-state index is 11.9. The number of hydrogen-bond acceptors (Lipinski definition) is 5. The Bertz CT molecular complexity index is 423. The van der Waals surface area contributed by atoms with Gasteiger partial charge in [-0.1, -0.05) is 21.6 Å². The summed E-state index contributed by atoms with van der Waals surface area (Å²) in [5, 5.41) is 5.57. The predicted molar refractivity (Wildman–Crippen MR) is 74.4 cm³/mol. The molecule has 0 spiro atoms. The van der Waals surface area contributed by atoms with Crippen LogP contribution in [0, 0.1) is 5.92 Å². The van der Waals surface area contributed by atoms with Crippen molar-refractivity contribution in [2.75, 3.05) is 12.0 Å². The van der Waals surface area contributed by atoms with Gasteiger partial charge in [-0.05, 0) is 23.3 Å². The van der Waals surface area contributed by atoms with E-state index in [1.54, 1.807) is 0 Å². The van der Waals surface area contributed by atoms with Gasteiger partial charge in [-0.25, -0.2) is 0 Å². The summed E-state index contributed by atoms with van der Waals surface area (Å²) in [4.78, 5) is 37.0. The Kier molecular flexibility index (Phi) is 6.75. The number of carbonyl (C=O) groups excluding carboxylic acids is 3. The summed E-state index contributed by atoms with van der Waals surface area (Å²) in [6.07, 6.45) is 3.00. The Hall–Kier alpha value is -1.18. The summed E-state index contributed by atoms with van der Waals surface area (Å²) in [7, 11) is 2.84. The third-order valence-electron chi connectivity index (χ3n) is 2.73. The molecular formula is C10H14N4O3S2. The van der Waals surface area contributed by atoms with Crippen molar-refractivity contribution in [1.29, 1.82) is 0 Å². The molecule has 0 saturated heterocycles. The zero-order valence-corrected chi connectivity index (χ0v) is 12.0. The fourth-order valence-corrected chi connectivity index (χ4v) is 3.07. The molecule has 0 bridgehead atoms. The summed E-state index contributed by atoms with van der Waals surface area (Å²) < 4.78 is 0. The number of nitrogens with one attached hydrogen (secondary N) is 1. The van der Waals surface area contributed by atoms with Gasteiger partial charge in [0.2, 0.25) is 11.8 Å². The highest BCUT2D eigenvalue weighted by molar-refractivity contribution is 8.76. The Morgan fingerprint density at radius 2 is 2.37 bits per heavy atom. The first kappa shape index (κ1) is 15.9. The van der Waals surface area contributed by atoms with Gasteiger partial charge in [0, 0.05) is 29.4 Å². The van der Waals surface area contributed by atoms with E-state index in [4.69, 9.17) is 5.53 Å². The predicted octanol–water partition coefficient (Wildman–Crippen LogP) is 1.69. The van der Waals surface area contributed by atoms with Gasteiger partial charge in [0.25, 0.3) is 0 Å². The van der Waals surface area contributed by atoms with E-state index in [0.717, 1.165) is 0 Å². The molecule has 2 atom stereocenters. The normalized spacial score (nSPS) is 19.6. The molecule has 0 aromatic rings. The van der Waals surface area contributed by atoms with Crippen molar-refractivity contribution in [1.82, 2.24) is 5.32 Å². The lowest BCUT2D eigenvalue weighted by atomic mass is 10.1. The second-order valence-corrected chi connectivity index (χ2v) is 6.63. The van der Waals surface area contributed by atoms with Crippen molar-refractivity contribution in [3.05, 3.63) is 10.4 Å². The lowest BCUT2D eigenvalue weighted by molar-refractivity contribution is -0.130. The fraction of sp³-hybridized carbons (Fsp3) is 0.700. The Morgan fingerprint density at radius 1 is 1.63 bits per heavy atom. The minimum Gasteiger partial charge on any atom is -0.345 e. The summed E-state index contributed by atoms with van der Waals surface area (Å²) in [6.45, 7) is 0. The van der Waals surface area contributed by atoms with E-state index in [9.17, 15) is 14.4 Å². The van der Waals surface area contributed by atoms with Crippen LogP contribution >= 0.6 is 21.6 Å². The summed E-state index contributed by atoms with van der Waals surface area (Å²) >= 11 is 0. The van der Waals surface area contributed by atoms with Crippen LogP contribution in [0.25, 0.3) is 10.4 Å². The van der Waals surface area contributed by atoms with E-state index < -0.39 is 11.9 Å². The van der Waals surface area contributed by atoms with Gasteiger partial charge < -0.3 is 5.32 Å². The molecule has 1 aliphatic rings. The fourth-order valence-electron chi connectivity index (χ4n) is 1.75. The van der Waals surface area contributed by atoms with Gasteiger partial charge in [-0.15, -0.1) is 0 Å². The van der Waals surface area contributed by atoms with Crippen LogP contribution in [0.5, 0.6) is 0 Å². The third kappa shape index (κ3) is 5.14. The second kappa shape index (κ2) is 8.08. The number of azide groups is 1. The van der Waals surface area contributed by atoms with Gasteiger partial charge in [-0.3, -0.25) is 14.4 Å². The maximum absolute atomic E-state index is 11.9. The minimum absolute atomic E-state index is 0.0663. The van der Waals surface area contributed by atoms with Gasteiger partial charge in [-0.2, -0.15) is 0 Å². The van der Waals surface area contributed by atoms with Crippen LogP contribution in [0.15, 0.2) is 5.11 Å². The first-order valence-electron chi connectivity index (χ1n) is 5.65. The van der Waals surface area contributed by atoms with Crippen LogP contribution in [0.4, 0.5) is 0 Å². The summed E-state index contributed by atoms with van der Waals surface area (Å²) in [6, 6.07) is -0.837. The average molecular weight is 302 g/mol. The first-order chi connectivity index (χ1) is 9.08. The number of hydrogen-bond donors (Lipinski definition) is 1. The van der Waals surface area contributed by atoms with E-state index in [1.165, 1.54) is 21.6 Å². The van der Waals surface area contributed by atoms with Crippen molar-refractivity contribution < 1.29 is 14.4 Å². The molecule has 9 heteroatoms. The molecule has 1 rings (SSSR count). The molecule has 19 heavy (non-hydrogen) atoms. The SMILES string of the molecule is CSSCC(NC(=O)C1CCC(=O)C1)C(=O)N=[N+]=[N-]. The zero-order valence-electron chi connectivity index (χ0n) is 10.4. The molecule has 0 aromatic heterocycles. The molecule has 104 valence electrons. The number of ketones is 1. The lowest BCUT2D eigenvalue weighted by Gasteiger charge is -2.17. The molecule has 0 aliphatic heterocycles. The lowest BCUT2D eigenvalue weighted by Crippen LogP contribution is -2.44. The topological polar surface area (TPSA) is 112 Å². The number of nitrogens with zero attached hydrogens (tertiary/aromatic N) is 3. The minimum atomic E-state index is -0.837. The number of Topliss-reactive ketones (excluding diaryl/α,β-unsaturated/α-hetero) is 1. The molecular weight excluding hydrogens is 288 g/mol. The highest BCUT2D eigenvalue weighted by Crippen LogP contribution is 2.23. The monoisotopic (exact) mass is 302 g/mol. The molecule has 2 amide bonds. The number of amides is 2. The molecule has 1 saturated carbocycles. The van der Waals surface area contributed by atoms with E-state index in [0.29, 0.717) is 18.6 Å². The number of carbonyl (C=O) groups is 3. The molecule has 7 nitrogen and oxygen atoms in total. The van der Waals surface area contributed by atoms with Crippen molar-refractivity contribution >= 4 is 39.2 Å². The smallest absolute Gasteiger partial charge is 0.241 e. The molecule has 2 unspecified atom stereocenters. The molecule has 1 N–H and O–H groups in total. The summed E-state index contributed by atoms with van der Waals surface area (Å²) in [5.41, 5.74) is 8.26. The van der Waals surface area contributed by atoms with E-state index >= 15 is 0 Å². The van der Waals surface area contributed by atoms with Crippen LogP contribution in [0.1, 0.15) is 19.3 Å².